The first-order valence-corrected chi connectivity index (χ1v) is 7.52. The molecule has 0 spiro atoms. The first kappa shape index (κ1) is 12.1. The van der Waals surface area contributed by atoms with Crippen molar-refractivity contribution in [2.45, 2.75) is 4.90 Å². The Kier molecular flexibility index (Phi) is 3.46. The van der Waals surface area contributed by atoms with Crippen LogP contribution in [-0.4, -0.2) is 13.4 Å². The second-order valence-corrected chi connectivity index (χ2v) is 6.50. The van der Waals surface area contributed by atoms with Crippen LogP contribution in [0.3, 0.4) is 0 Å². The highest BCUT2D eigenvalue weighted by atomic mass is 32.2. The van der Waals surface area contributed by atoms with Crippen molar-refractivity contribution >= 4 is 32.7 Å². The molecule has 0 atom stereocenters. The van der Waals surface area contributed by atoms with Crippen molar-refractivity contribution in [1.29, 1.82) is 0 Å². The fourth-order valence-electron chi connectivity index (χ4n) is 1.02. The molecule has 0 unspecified atom stereocenters. The maximum Gasteiger partial charge on any atom is 0.329 e. The molecule has 1 aromatic carbocycles. The Balaban J connectivity index is 2.57. The van der Waals surface area contributed by atoms with E-state index in [1.807, 2.05) is 0 Å². The van der Waals surface area contributed by atoms with Crippen molar-refractivity contribution < 1.29 is 8.42 Å². The maximum absolute atomic E-state index is 11.8. The molecule has 2 aromatic rings. The van der Waals surface area contributed by atoms with Crippen molar-refractivity contribution in [3.63, 3.8) is 0 Å². The number of sulfonamides is 1. The minimum atomic E-state index is -3.75. The Bertz CT molecular complexity index is 732. The van der Waals surface area contributed by atoms with Gasteiger partial charge in [0.2, 0.25) is 0 Å². The highest BCUT2D eigenvalue weighted by Crippen LogP contribution is 2.10. The van der Waals surface area contributed by atoms with Crippen molar-refractivity contribution in [3.8, 4) is 0 Å². The van der Waals surface area contributed by atoms with Gasteiger partial charge in [0.25, 0.3) is 10.0 Å². The normalized spacial score (nSPS) is 12.6. The average molecular weight is 286 g/mol. The predicted molar refractivity (Wildman–Crippen MR) is 65.5 cm³/mol. The van der Waals surface area contributed by atoms with Gasteiger partial charge in [-0.05, 0) is 23.5 Å². The molecule has 1 aromatic heterocycles. The zero-order valence-electron chi connectivity index (χ0n) is 8.31. The molecular weight excluding hydrogens is 280 g/mol. The van der Waals surface area contributed by atoms with Gasteiger partial charge in [-0.2, -0.15) is 13.4 Å². The molecule has 0 aliphatic rings. The molecule has 0 saturated heterocycles. The van der Waals surface area contributed by atoms with E-state index in [0.717, 1.165) is 11.3 Å². The summed E-state index contributed by atoms with van der Waals surface area (Å²) in [5, 5.41) is 0. The molecule has 0 radical (unpaired) electrons. The predicted octanol–water partition coefficient (Wildman–Crippen LogP) is 0.854. The minimum absolute atomic E-state index is 0.101. The molecule has 88 valence electrons. The molecule has 0 fully saturated rings. The fourth-order valence-corrected chi connectivity index (χ4v) is 3.83. The molecular formula is C9H6N2O3S3. The molecule has 5 nitrogen and oxygen atoms in total. The number of benzene rings is 1. The van der Waals surface area contributed by atoms with Crippen molar-refractivity contribution in [2.24, 2.45) is 4.40 Å². The van der Waals surface area contributed by atoms with Gasteiger partial charge in [0.05, 0.1) is 10.4 Å². The van der Waals surface area contributed by atoms with Crippen molar-refractivity contribution in [3.05, 3.63) is 49.5 Å². The third kappa shape index (κ3) is 3.05. The summed E-state index contributed by atoms with van der Waals surface area (Å²) >= 11 is 1.71. The summed E-state index contributed by atoms with van der Waals surface area (Å²) in [5.41, 5.74) is 1.28. The van der Waals surface area contributed by atoms with Crippen LogP contribution in [0.15, 0.2) is 49.9 Å². The van der Waals surface area contributed by atoms with Gasteiger partial charge >= 0.3 is 4.87 Å². The fraction of sp³-hybridized carbons (Fsp3) is 0. The Labute approximate surface area is 105 Å². The number of aromatic nitrogens is 1. The van der Waals surface area contributed by atoms with Crippen LogP contribution in [0.1, 0.15) is 0 Å². The van der Waals surface area contributed by atoms with E-state index in [1.165, 1.54) is 17.6 Å². The third-order valence-electron chi connectivity index (χ3n) is 1.72. The second-order valence-electron chi connectivity index (χ2n) is 2.87. The van der Waals surface area contributed by atoms with Gasteiger partial charge in [-0.15, -0.1) is 4.40 Å². The second kappa shape index (κ2) is 4.86. The van der Waals surface area contributed by atoms with Gasteiger partial charge in [0, 0.05) is 0 Å². The van der Waals surface area contributed by atoms with Gasteiger partial charge in [0.15, 0.2) is 3.98 Å². The van der Waals surface area contributed by atoms with Crippen LogP contribution in [0.25, 0.3) is 0 Å². The first-order valence-electron chi connectivity index (χ1n) is 4.39. The number of nitrogens with zero attached hydrogens (tertiary/aromatic N) is 2. The molecule has 0 aliphatic heterocycles. The van der Waals surface area contributed by atoms with Crippen molar-refractivity contribution in [1.82, 2.24) is 4.98 Å². The summed E-state index contributed by atoms with van der Waals surface area (Å²) in [6.45, 7) is 0. The van der Waals surface area contributed by atoms with Crippen LogP contribution in [0.5, 0.6) is 0 Å². The lowest BCUT2D eigenvalue weighted by Crippen LogP contribution is -2.08. The average Bonchev–Trinajstić information content (AvgIpc) is 2.29. The summed E-state index contributed by atoms with van der Waals surface area (Å²) < 4.78 is 27.4. The Morgan fingerprint density at radius 3 is 2.53 bits per heavy atom. The summed E-state index contributed by atoms with van der Waals surface area (Å²) in [5.74, 6) is 0. The van der Waals surface area contributed by atoms with Gasteiger partial charge in [-0.1, -0.05) is 29.5 Å². The first-order chi connectivity index (χ1) is 8.08. The van der Waals surface area contributed by atoms with E-state index in [9.17, 15) is 13.2 Å². The van der Waals surface area contributed by atoms with E-state index >= 15 is 0 Å². The maximum atomic E-state index is 11.8. The molecule has 0 bridgehead atoms. The smallest absolute Gasteiger partial charge is 0.255 e. The Morgan fingerprint density at radius 2 is 1.88 bits per heavy atom. The van der Waals surface area contributed by atoms with E-state index in [2.05, 4.69) is 9.38 Å². The zero-order valence-corrected chi connectivity index (χ0v) is 10.8. The number of rotatable bonds is 2. The van der Waals surface area contributed by atoms with Crippen LogP contribution < -0.4 is 8.86 Å². The van der Waals surface area contributed by atoms with Crippen LogP contribution in [0, 0.1) is 0 Å². The van der Waals surface area contributed by atoms with E-state index < -0.39 is 14.9 Å². The van der Waals surface area contributed by atoms with Gasteiger partial charge in [-0.3, -0.25) is 4.79 Å². The van der Waals surface area contributed by atoms with Crippen LogP contribution in [0.2, 0.25) is 0 Å². The summed E-state index contributed by atoms with van der Waals surface area (Å²) in [4.78, 5) is 14.1. The molecule has 1 heterocycles. The van der Waals surface area contributed by atoms with Crippen LogP contribution >= 0.6 is 22.7 Å². The Hall–Kier alpha value is -1.38. The molecule has 2 rings (SSSR count). The lowest BCUT2D eigenvalue weighted by Gasteiger charge is -1.95. The van der Waals surface area contributed by atoms with Gasteiger partial charge < -0.3 is 0 Å². The highest BCUT2D eigenvalue weighted by Gasteiger charge is 2.11. The lowest BCUT2D eigenvalue weighted by molar-refractivity contribution is 0.597. The summed E-state index contributed by atoms with van der Waals surface area (Å²) in [7, 11) is -3.75. The Morgan fingerprint density at radius 1 is 1.18 bits per heavy atom. The zero-order chi connectivity index (χ0) is 12.3. The van der Waals surface area contributed by atoms with E-state index in [-0.39, 0.29) is 8.88 Å². The topological polar surface area (TPSA) is 76.5 Å². The SMILES string of the molecule is O=c1ncs/c(=N/S(=O)(=O)c2ccccc2)s1. The summed E-state index contributed by atoms with van der Waals surface area (Å²) in [6, 6.07) is 7.84. The monoisotopic (exact) mass is 286 g/mol. The lowest BCUT2D eigenvalue weighted by atomic mass is 10.4. The molecule has 0 N–H and O–H groups in total. The molecule has 0 saturated carbocycles. The quantitative estimate of drug-likeness (QED) is 0.820. The molecule has 17 heavy (non-hydrogen) atoms. The van der Waals surface area contributed by atoms with Crippen LogP contribution in [0.4, 0.5) is 0 Å². The van der Waals surface area contributed by atoms with Crippen LogP contribution in [-0.2, 0) is 10.0 Å². The van der Waals surface area contributed by atoms with Gasteiger partial charge in [0.1, 0.15) is 0 Å². The molecule has 0 aliphatic carbocycles. The van der Waals surface area contributed by atoms with Crippen molar-refractivity contribution in [2.75, 3.05) is 0 Å². The third-order valence-corrected chi connectivity index (χ3v) is 4.83. The molecule has 0 amide bonds. The largest absolute Gasteiger partial charge is 0.329 e. The molecule has 8 heteroatoms. The summed E-state index contributed by atoms with van der Waals surface area (Å²) in [6.07, 6.45) is 0. The van der Waals surface area contributed by atoms with E-state index in [0.29, 0.717) is 11.3 Å². The van der Waals surface area contributed by atoms with E-state index in [4.69, 9.17) is 0 Å². The minimum Gasteiger partial charge on any atom is -0.255 e. The number of hydrogen-bond acceptors (Lipinski definition) is 6. The van der Waals surface area contributed by atoms with Gasteiger partial charge in [-0.25, -0.2) is 0 Å². The number of hydrogen-bond donors (Lipinski definition) is 0. The van der Waals surface area contributed by atoms with E-state index in [1.54, 1.807) is 18.2 Å². The highest BCUT2D eigenvalue weighted by molar-refractivity contribution is 7.90. The standard InChI is InChI=1S/C9H6N2O3S3/c12-8-10-6-15-9(16-8)11-17(13,14)7-4-2-1-3-5-7/h1-6H/b11-9-.